The molecule has 0 aromatic heterocycles. The average molecular weight is 623 g/mol. The second-order valence-corrected chi connectivity index (χ2v) is 13.6. The third kappa shape index (κ3) is 17.4. The molecule has 3 N–H and O–H groups in total. The summed E-state index contributed by atoms with van der Waals surface area (Å²) in [5.41, 5.74) is 0.569. The lowest BCUT2D eigenvalue weighted by molar-refractivity contribution is -0.139. The number of aliphatic hydroxyl groups is 3. The first-order valence-electron chi connectivity index (χ1n) is 18.4. The van der Waals surface area contributed by atoms with Crippen LogP contribution in [0, 0.1) is 0 Å². The Morgan fingerprint density at radius 1 is 0.727 bits per heavy atom. The summed E-state index contributed by atoms with van der Waals surface area (Å²) in [5.74, 6) is -0.0135. The molecule has 256 valence electrons. The number of Topliss-reactive ketones (excluding diaryl/α,β-unsaturated/α-hetero) is 1. The van der Waals surface area contributed by atoms with Crippen LogP contribution in [-0.2, 0) is 19.1 Å². The molecule has 0 bridgehead atoms. The standard InChI is InChI=1S/C37H66O7/c1-3-4-5-6-7-8-9-10-11-18-23-33(40)35-25-26-36(44-35)34(41)24-19-13-12-15-20-31(38)21-16-14-17-22-32(39)28-30-27-29(2)43-37(30)42/h27,29,32-36,39-41H,3-26,28H2,1-2H3. The molecule has 2 aliphatic heterocycles. The highest BCUT2D eigenvalue weighted by Crippen LogP contribution is 2.28. The van der Waals surface area contributed by atoms with Crippen LogP contribution in [0.3, 0.4) is 0 Å². The van der Waals surface area contributed by atoms with E-state index in [1.165, 1.54) is 57.8 Å². The molecule has 1 saturated heterocycles. The maximum absolute atomic E-state index is 12.2. The number of carbonyl (C=O) groups excluding carboxylic acids is 2. The molecule has 7 nitrogen and oxygen atoms in total. The van der Waals surface area contributed by atoms with Gasteiger partial charge in [0.2, 0.25) is 0 Å². The van der Waals surface area contributed by atoms with Gasteiger partial charge in [0, 0.05) is 24.8 Å². The van der Waals surface area contributed by atoms with Crippen molar-refractivity contribution >= 4 is 11.8 Å². The second-order valence-electron chi connectivity index (χ2n) is 13.6. The molecule has 0 spiro atoms. The summed E-state index contributed by atoms with van der Waals surface area (Å²) in [6.07, 6.45) is 24.5. The van der Waals surface area contributed by atoms with Gasteiger partial charge in [-0.15, -0.1) is 0 Å². The number of ether oxygens (including phenoxy) is 2. The van der Waals surface area contributed by atoms with E-state index in [1.54, 1.807) is 6.08 Å². The third-order valence-corrected chi connectivity index (χ3v) is 9.44. The summed E-state index contributed by atoms with van der Waals surface area (Å²) in [7, 11) is 0. The fourth-order valence-corrected chi connectivity index (χ4v) is 6.64. The van der Waals surface area contributed by atoms with E-state index >= 15 is 0 Å². The van der Waals surface area contributed by atoms with Crippen molar-refractivity contribution in [3.8, 4) is 0 Å². The number of unbranched alkanes of at least 4 members (excludes halogenated alkanes) is 14. The van der Waals surface area contributed by atoms with Crippen molar-refractivity contribution in [1.82, 2.24) is 0 Å². The Morgan fingerprint density at radius 3 is 1.68 bits per heavy atom. The summed E-state index contributed by atoms with van der Waals surface area (Å²) >= 11 is 0. The van der Waals surface area contributed by atoms with Crippen LogP contribution in [-0.4, -0.2) is 63.7 Å². The topological polar surface area (TPSA) is 113 Å². The first-order chi connectivity index (χ1) is 21.3. The Morgan fingerprint density at radius 2 is 1.18 bits per heavy atom. The number of hydrogen-bond acceptors (Lipinski definition) is 7. The average Bonchev–Trinajstić information content (AvgIpc) is 3.61. The van der Waals surface area contributed by atoms with E-state index in [1.807, 2.05) is 6.92 Å². The van der Waals surface area contributed by atoms with Crippen LogP contribution < -0.4 is 0 Å². The van der Waals surface area contributed by atoms with Gasteiger partial charge in [0.1, 0.15) is 11.9 Å². The largest absolute Gasteiger partial charge is 0.455 e. The number of rotatable bonds is 28. The van der Waals surface area contributed by atoms with Gasteiger partial charge in [0.15, 0.2) is 0 Å². The number of cyclic esters (lactones) is 1. The molecule has 7 heteroatoms. The number of carbonyl (C=O) groups is 2. The van der Waals surface area contributed by atoms with Crippen LogP contribution in [0.25, 0.3) is 0 Å². The van der Waals surface area contributed by atoms with Gasteiger partial charge in [0.05, 0.1) is 30.5 Å². The second kappa shape index (κ2) is 24.0. The van der Waals surface area contributed by atoms with Crippen molar-refractivity contribution in [1.29, 1.82) is 0 Å². The summed E-state index contributed by atoms with van der Waals surface area (Å²) < 4.78 is 11.1. The Labute approximate surface area is 268 Å². The summed E-state index contributed by atoms with van der Waals surface area (Å²) in [6.45, 7) is 4.07. The van der Waals surface area contributed by atoms with E-state index in [-0.39, 0.29) is 24.3 Å². The molecule has 0 radical (unpaired) electrons. The minimum atomic E-state index is -0.541. The Balaban J connectivity index is 1.38. The monoisotopic (exact) mass is 622 g/mol. The smallest absolute Gasteiger partial charge is 0.334 e. The Bertz CT molecular complexity index is 797. The van der Waals surface area contributed by atoms with Crippen LogP contribution in [0.2, 0.25) is 0 Å². The molecule has 0 aromatic carbocycles. The molecular weight excluding hydrogens is 556 g/mol. The highest BCUT2D eigenvalue weighted by Gasteiger charge is 2.34. The predicted molar refractivity (Wildman–Crippen MR) is 176 cm³/mol. The molecule has 6 unspecified atom stereocenters. The fourth-order valence-electron chi connectivity index (χ4n) is 6.64. The van der Waals surface area contributed by atoms with E-state index in [0.717, 1.165) is 70.6 Å². The molecule has 2 heterocycles. The number of ketones is 1. The molecule has 0 aliphatic carbocycles. The van der Waals surface area contributed by atoms with Crippen molar-refractivity contribution in [2.75, 3.05) is 0 Å². The molecule has 2 rings (SSSR count). The summed E-state index contributed by atoms with van der Waals surface area (Å²) in [6, 6.07) is 0. The zero-order valence-electron chi connectivity index (χ0n) is 28.2. The van der Waals surface area contributed by atoms with Gasteiger partial charge in [-0.1, -0.05) is 103 Å². The molecule has 44 heavy (non-hydrogen) atoms. The van der Waals surface area contributed by atoms with Gasteiger partial charge in [0.25, 0.3) is 0 Å². The summed E-state index contributed by atoms with van der Waals surface area (Å²) in [4.78, 5) is 23.9. The van der Waals surface area contributed by atoms with Crippen LogP contribution >= 0.6 is 0 Å². The lowest BCUT2D eigenvalue weighted by atomic mass is 9.99. The molecule has 6 atom stereocenters. The molecule has 0 aromatic rings. The first kappa shape index (κ1) is 38.9. The lowest BCUT2D eigenvalue weighted by Gasteiger charge is -2.22. The van der Waals surface area contributed by atoms with Gasteiger partial charge in [-0.05, 0) is 57.9 Å². The maximum atomic E-state index is 12.2. The zero-order chi connectivity index (χ0) is 32.0. The van der Waals surface area contributed by atoms with E-state index in [9.17, 15) is 24.9 Å². The SMILES string of the molecule is CCCCCCCCCCCCC(O)C1CCC(C(O)CCCCCCC(=O)CCCCCC(O)CC2=CC(C)OC2=O)O1. The molecule has 0 amide bonds. The predicted octanol–water partition coefficient (Wildman–Crippen LogP) is 8.05. The van der Waals surface area contributed by atoms with E-state index in [4.69, 9.17) is 9.47 Å². The van der Waals surface area contributed by atoms with Crippen molar-refractivity contribution in [2.45, 2.75) is 211 Å². The highest BCUT2D eigenvalue weighted by molar-refractivity contribution is 5.90. The van der Waals surface area contributed by atoms with Gasteiger partial charge < -0.3 is 24.8 Å². The van der Waals surface area contributed by atoms with E-state index < -0.39 is 18.3 Å². The van der Waals surface area contributed by atoms with Crippen molar-refractivity contribution in [3.63, 3.8) is 0 Å². The number of esters is 1. The molecule has 1 fully saturated rings. The van der Waals surface area contributed by atoms with E-state index in [2.05, 4.69) is 6.92 Å². The van der Waals surface area contributed by atoms with Crippen molar-refractivity contribution in [2.24, 2.45) is 0 Å². The van der Waals surface area contributed by atoms with E-state index in [0.29, 0.717) is 43.5 Å². The van der Waals surface area contributed by atoms with Crippen LogP contribution in [0.1, 0.15) is 174 Å². The Kier molecular flexibility index (Phi) is 21.2. The summed E-state index contributed by atoms with van der Waals surface area (Å²) in [5, 5.41) is 31.4. The van der Waals surface area contributed by atoms with Gasteiger partial charge >= 0.3 is 5.97 Å². The maximum Gasteiger partial charge on any atom is 0.334 e. The number of hydrogen-bond donors (Lipinski definition) is 3. The highest BCUT2D eigenvalue weighted by atomic mass is 16.5. The lowest BCUT2D eigenvalue weighted by Crippen LogP contribution is -2.31. The minimum absolute atomic E-state index is 0.136. The van der Waals surface area contributed by atoms with Gasteiger partial charge in [-0.25, -0.2) is 4.79 Å². The Hall–Kier alpha value is -1.28. The van der Waals surface area contributed by atoms with Crippen LogP contribution in [0.4, 0.5) is 0 Å². The van der Waals surface area contributed by atoms with Crippen LogP contribution in [0.15, 0.2) is 11.6 Å². The van der Waals surface area contributed by atoms with Crippen molar-refractivity contribution in [3.05, 3.63) is 11.6 Å². The fraction of sp³-hybridized carbons (Fsp3) is 0.892. The number of aliphatic hydroxyl groups excluding tert-OH is 3. The minimum Gasteiger partial charge on any atom is -0.455 e. The molecular formula is C37H66O7. The van der Waals surface area contributed by atoms with Crippen molar-refractivity contribution < 1.29 is 34.4 Å². The molecule has 0 saturated carbocycles. The first-order valence-corrected chi connectivity index (χ1v) is 18.4. The molecule has 2 aliphatic rings. The zero-order valence-corrected chi connectivity index (χ0v) is 28.2. The normalized spacial score (nSPS) is 22.2. The van der Waals surface area contributed by atoms with Gasteiger partial charge in [-0.3, -0.25) is 4.79 Å². The van der Waals surface area contributed by atoms with Gasteiger partial charge in [-0.2, -0.15) is 0 Å². The van der Waals surface area contributed by atoms with Crippen LogP contribution in [0.5, 0.6) is 0 Å². The third-order valence-electron chi connectivity index (χ3n) is 9.44. The quantitative estimate of drug-likeness (QED) is 0.0598.